The Kier molecular flexibility index (Phi) is 3.07. The second-order valence-corrected chi connectivity index (χ2v) is 5.68. The number of amides is 2. The molecule has 2 amide bonds. The molecule has 0 aromatic carbocycles. The number of nitrogens with one attached hydrogen (secondary N) is 1. The van der Waals surface area contributed by atoms with Crippen LogP contribution in [0.3, 0.4) is 0 Å². The predicted octanol–water partition coefficient (Wildman–Crippen LogP) is -0.409. The van der Waals surface area contributed by atoms with E-state index in [2.05, 4.69) is 15.3 Å². The first-order valence-electron chi connectivity index (χ1n) is 7.47. The van der Waals surface area contributed by atoms with Crippen molar-refractivity contribution in [3.8, 4) is 0 Å². The minimum Gasteiger partial charge on any atom is -0.353 e. The van der Waals surface area contributed by atoms with Crippen LogP contribution in [0.2, 0.25) is 0 Å². The molecule has 2 aliphatic rings. The van der Waals surface area contributed by atoms with E-state index in [4.69, 9.17) is 0 Å². The number of piperazine rings is 2. The van der Waals surface area contributed by atoms with E-state index in [0.717, 1.165) is 18.6 Å². The van der Waals surface area contributed by atoms with E-state index >= 15 is 0 Å². The van der Waals surface area contributed by atoms with Gasteiger partial charge in [-0.05, 0) is 12.1 Å². The molecular weight excluding hydrogens is 282 g/mol. The molecule has 0 spiro atoms. The molecule has 22 heavy (non-hydrogen) atoms. The maximum Gasteiger partial charge on any atom is 0.257 e. The van der Waals surface area contributed by atoms with Gasteiger partial charge in [0, 0.05) is 38.9 Å². The molecule has 4 rings (SSSR count). The highest BCUT2D eigenvalue weighted by Gasteiger charge is 2.36. The van der Waals surface area contributed by atoms with E-state index in [1.807, 2.05) is 24.4 Å². The molecule has 114 valence electrons. The Morgan fingerprint density at radius 1 is 1.27 bits per heavy atom. The summed E-state index contributed by atoms with van der Waals surface area (Å²) >= 11 is 0. The van der Waals surface area contributed by atoms with Gasteiger partial charge in [-0.2, -0.15) is 5.10 Å². The Labute approximate surface area is 127 Å². The topological polar surface area (TPSA) is 70.0 Å². The molecular formula is C15H17N5O2. The van der Waals surface area contributed by atoms with Crippen molar-refractivity contribution < 1.29 is 9.59 Å². The van der Waals surface area contributed by atoms with Gasteiger partial charge in [0.1, 0.15) is 6.04 Å². The third kappa shape index (κ3) is 2.05. The summed E-state index contributed by atoms with van der Waals surface area (Å²) < 4.78 is 1.69. The number of aromatic nitrogens is 2. The Morgan fingerprint density at radius 3 is 3.09 bits per heavy atom. The smallest absolute Gasteiger partial charge is 0.257 e. The van der Waals surface area contributed by atoms with Crippen molar-refractivity contribution in [2.75, 3.05) is 32.7 Å². The largest absolute Gasteiger partial charge is 0.353 e. The Morgan fingerprint density at radius 2 is 2.18 bits per heavy atom. The van der Waals surface area contributed by atoms with E-state index in [-0.39, 0.29) is 17.9 Å². The lowest BCUT2D eigenvalue weighted by atomic mass is 10.1. The lowest BCUT2D eigenvalue weighted by molar-refractivity contribution is -0.131. The number of pyridine rings is 1. The lowest BCUT2D eigenvalue weighted by Crippen LogP contribution is -2.64. The van der Waals surface area contributed by atoms with Crippen LogP contribution >= 0.6 is 0 Å². The van der Waals surface area contributed by atoms with Gasteiger partial charge in [0.05, 0.1) is 17.3 Å². The molecule has 1 atom stereocenters. The number of hydrogen-bond acceptors (Lipinski definition) is 4. The fraction of sp³-hybridized carbons (Fsp3) is 0.400. The number of fused-ring (bicyclic) bond motifs is 2. The number of nitrogens with zero attached hydrogens (tertiary/aromatic N) is 4. The Balaban J connectivity index is 1.59. The standard InChI is InChI=1S/C15H17N5O2/c21-14-13-10-19(8-7-18(13)6-4-16-14)15(22)11-9-17-20-5-2-1-3-12(11)20/h1-3,5,9,13H,4,6-8,10H2,(H,16,21)/t13-/m1/s1. The van der Waals surface area contributed by atoms with Crippen molar-refractivity contribution in [1.82, 2.24) is 24.7 Å². The molecule has 2 aromatic heterocycles. The highest BCUT2D eigenvalue weighted by atomic mass is 16.2. The van der Waals surface area contributed by atoms with Crippen LogP contribution < -0.4 is 5.32 Å². The van der Waals surface area contributed by atoms with E-state index in [9.17, 15) is 9.59 Å². The van der Waals surface area contributed by atoms with E-state index in [1.54, 1.807) is 15.6 Å². The van der Waals surface area contributed by atoms with E-state index < -0.39 is 0 Å². The van der Waals surface area contributed by atoms with Gasteiger partial charge in [0.15, 0.2) is 0 Å². The van der Waals surface area contributed by atoms with Crippen molar-refractivity contribution in [3.63, 3.8) is 0 Å². The molecule has 7 nitrogen and oxygen atoms in total. The van der Waals surface area contributed by atoms with Gasteiger partial charge in [-0.25, -0.2) is 4.52 Å². The van der Waals surface area contributed by atoms with Gasteiger partial charge in [0.2, 0.25) is 5.91 Å². The van der Waals surface area contributed by atoms with Gasteiger partial charge < -0.3 is 10.2 Å². The third-order valence-electron chi connectivity index (χ3n) is 4.44. The fourth-order valence-electron chi connectivity index (χ4n) is 3.23. The molecule has 2 saturated heterocycles. The van der Waals surface area contributed by atoms with Crippen molar-refractivity contribution in [2.45, 2.75) is 6.04 Å². The highest BCUT2D eigenvalue weighted by Crippen LogP contribution is 2.18. The highest BCUT2D eigenvalue weighted by molar-refractivity contribution is 6.01. The van der Waals surface area contributed by atoms with Gasteiger partial charge in [-0.1, -0.05) is 6.07 Å². The minimum absolute atomic E-state index is 0.0172. The van der Waals surface area contributed by atoms with Gasteiger partial charge in [0.25, 0.3) is 5.91 Å². The van der Waals surface area contributed by atoms with Crippen molar-refractivity contribution in [1.29, 1.82) is 0 Å². The molecule has 2 fully saturated rings. The second-order valence-electron chi connectivity index (χ2n) is 5.68. The van der Waals surface area contributed by atoms with Crippen LogP contribution in [0.25, 0.3) is 5.52 Å². The van der Waals surface area contributed by atoms with Crippen molar-refractivity contribution in [2.24, 2.45) is 0 Å². The zero-order chi connectivity index (χ0) is 15.1. The molecule has 0 aliphatic carbocycles. The zero-order valence-electron chi connectivity index (χ0n) is 12.1. The van der Waals surface area contributed by atoms with Crippen LogP contribution in [0.4, 0.5) is 0 Å². The first kappa shape index (κ1) is 13.3. The van der Waals surface area contributed by atoms with Gasteiger partial charge in [-0.15, -0.1) is 0 Å². The van der Waals surface area contributed by atoms with Crippen LogP contribution in [0.5, 0.6) is 0 Å². The molecule has 7 heteroatoms. The summed E-state index contributed by atoms with van der Waals surface area (Å²) in [6.07, 6.45) is 3.42. The Hall–Kier alpha value is -2.41. The van der Waals surface area contributed by atoms with Crippen LogP contribution in [0, 0.1) is 0 Å². The van der Waals surface area contributed by atoms with E-state index in [0.29, 0.717) is 25.2 Å². The lowest BCUT2D eigenvalue weighted by Gasteiger charge is -2.42. The summed E-state index contributed by atoms with van der Waals surface area (Å²) in [4.78, 5) is 28.7. The molecule has 2 aliphatic heterocycles. The number of rotatable bonds is 1. The zero-order valence-corrected chi connectivity index (χ0v) is 12.1. The molecule has 0 radical (unpaired) electrons. The van der Waals surface area contributed by atoms with Gasteiger partial charge >= 0.3 is 0 Å². The van der Waals surface area contributed by atoms with Crippen LogP contribution in [-0.4, -0.2) is 70.0 Å². The van der Waals surface area contributed by atoms with Crippen LogP contribution in [0.1, 0.15) is 10.4 Å². The fourth-order valence-corrected chi connectivity index (χ4v) is 3.23. The van der Waals surface area contributed by atoms with Crippen molar-refractivity contribution in [3.05, 3.63) is 36.2 Å². The number of carbonyl (C=O) groups excluding carboxylic acids is 2. The number of hydrogen-bond donors (Lipinski definition) is 1. The van der Waals surface area contributed by atoms with Crippen LogP contribution in [0.15, 0.2) is 30.6 Å². The quantitative estimate of drug-likeness (QED) is 0.777. The molecule has 2 aromatic rings. The predicted molar refractivity (Wildman–Crippen MR) is 79.5 cm³/mol. The average molecular weight is 299 g/mol. The number of carbonyl (C=O) groups is 2. The first-order chi connectivity index (χ1) is 10.7. The van der Waals surface area contributed by atoms with Crippen LogP contribution in [-0.2, 0) is 4.79 Å². The summed E-state index contributed by atoms with van der Waals surface area (Å²) in [5, 5.41) is 7.08. The third-order valence-corrected chi connectivity index (χ3v) is 4.44. The summed E-state index contributed by atoms with van der Waals surface area (Å²) in [5.41, 5.74) is 1.38. The average Bonchev–Trinajstić information content (AvgIpc) is 2.98. The summed E-state index contributed by atoms with van der Waals surface area (Å²) in [7, 11) is 0. The van der Waals surface area contributed by atoms with E-state index in [1.165, 1.54) is 0 Å². The molecule has 0 bridgehead atoms. The summed E-state index contributed by atoms with van der Waals surface area (Å²) in [5.74, 6) is -0.0390. The Bertz CT molecular complexity index is 740. The van der Waals surface area contributed by atoms with Crippen molar-refractivity contribution >= 4 is 17.3 Å². The SMILES string of the molecule is O=C1NCCN2CCN(C(=O)c3cnn4ccccc34)C[C@H]12. The monoisotopic (exact) mass is 299 g/mol. The first-order valence-corrected chi connectivity index (χ1v) is 7.47. The molecule has 1 N–H and O–H groups in total. The summed E-state index contributed by atoms with van der Waals surface area (Å²) in [6, 6.07) is 5.41. The maximum absolute atomic E-state index is 12.8. The minimum atomic E-state index is -0.228. The molecule has 0 unspecified atom stereocenters. The molecule has 0 saturated carbocycles. The van der Waals surface area contributed by atoms with Gasteiger partial charge in [-0.3, -0.25) is 14.5 Å². The normalized spacial score (nSPS) is 22.5. The molecule has 4 heterocycles. The maximum atomic E-state index is 12.8. The second kappa shape index (κ2) is 5.10. The summed E-state index contributed by atoms with van der Waals surface area (Å²) in [6.45, 7) is 3.37.